The maximum atomic E-state index is 9.90. The summed E-state index contributed by atoms with van der Waals surface area (Å²) in [5.41, 5.74) is 0.634. The average Bonchev–Trinajstić information content (AvgIpc) is 3.75. The first kappa shape index (κ1) is 16.6. The van der Waals surface area contributed by atoms with Gasteiger partial charge in [-0.05, 0) is 118 Å². The number of fused-ring (bicyclic) bond motifs is 7. The van der Waals surface area contributed by atoms with Crippen LogP contribution in [-0.2, 0) is 0 Å². The number of hydrogen-bond acceptors (Lipinski definition) is 1. The van der Waals surface area contributed by atoms with E-state index in [1.807, 2.05) is 54.6 Å². The summed E-state index contributed by atoms with van der Waals surface area (Å²) < 4.78 is 179. The molecule has 0 N–H and O–H groups in total. The first-order valence-electron chi connectivity index (χ1n) is 26.2. The molecule has 0 saturated heterocycles. The van der Waals surface area contributed by atoms with Crippen molar-refractivity contribution in [3.8, 4) is 44.5 Å². The molecule has 11 aromatic rings. The molecule has 0 aliphatic carbocycles. The maximum absolute atomic E-state index is 9.90. The second-order valence-corrected chi connectivity index (χ2v) is 12.6. The van der Waals surface area contributed by atoms with Crippen molar-refractivity contribution >= 4 is 65.0 Å². The first-order valence-corrected chi connectivity index (χ1v) is 16.7. The molecule has 0 radical (unpaired) electrons. The van der Waals surface area contributed by atoms with Crippen molar-refractivity contribution in [2.24, 2.45) is 0 Å². The summed E-state index contributed by atoms with van der Waals surface area (Å²) in [4.78, 5) is 0. The van der Waals surface area contributed by atoms with Gasteiger partial charge in [0.25, 0.3) is 0 Å². The smallest absolute Gasteiger partial charge is 0.136 e. The van der Waals surface area contributed by atoms with Gasteiger partial charge in [-0.1, -0.05) is 163 Å². The van der Waals surface area contributed by atoms with Crippen molar-refractivity contribution in [3.05, 3.63) is 194 Å². The molecule has 246 valence electrons. The minimum atomic E-state index is -0.869. The highest BCUT2D eigenvalue weighted by Crippen LogP contribution is 2.46. The van der Waals surface area contributed by atoms with Crippen LogP contribution < -0.4 is 0 Å². The molecule has 0 atom stereocenters. The van der Waals surface area contributed by atoms with Gasteiger partial charge in [0.2, 0.25) is 0 Å². The molecule has 1 heteroatoms. The molecule has 0 bridgehead atoms. The molecule has 1 nitrogen and oxygen atoms in total. The third-order valence-corrected chi connectivity index (χ3v) is 9.72. The molecule has 53 heavy (non-hydrogen) atoms. The molecule has 0 aliphatic rings. The molecular weight excluding hydrogens is 641 g/mol. The van der Waals surface area contributed by atoms with Crippen molar-refractivity contribution in [1.29, 1.82) is 0 Å². The third kappa shape index (κ3) is 4.71. The van der Waals surface area contributed by atoms with Gasteiger partial charge in [0.1, 0.15) is 11.2 Å². The largest absolute Gasteiger partial charge is 0.456 e. The van der Waals surface area contributed by atoms with E-state index >= 15 is 0 Å². The standard InChI is InChI=1S/C52H32O/c1-2-13-34(14-3-1)51-43-18-8-10-20-45(43)52(46-21-11-9-19-44(46)51)47-28-27-39(40-16-6-7-17-41(40)47)38-25-29-49-48(31-38)42-26-24-37(32-50(42)53-49)36-23-22-33-12-4-5-15-35(33)30-36/h1-32H/i1D,2D,3D,6D,7D,8D,9D,10D,11D,13D,14D,16D,17D,18D,19D,20D,21D,27D,28D. The van der Waals surface area contributed by atoms with Gasteiger partial charge in [-0.3, -0.25) is 0 Å². The van der Waals surface area contributed by atoms with Gasteiger partial charge in [-0.2, -0.15) is 0 Å². The second-order valence-electron chi connectivity index (χ2n) is 12.6. The molecule has 1 heterocycles. The van der Waals surface area contributed by atoms with E-state index in [-0.39, 0.29) is 16.5 Å². The summed E-state index contributed by atoms with van der Waals surface area (Å²) in [6.45, 7) is 0. The van der Waals surface area contributed by atoms with Crippen LogP contribution in [0.2, 0.25) is 0 Å². The molecule has 11 rings (SSSR count). The predicted molar refractivity (Wildman–Crippen MR) is 225 cm³/mol. The van der Waals surface area contributed by atoms with Crippen LogP contribution in [-0.4, -0.2) is 0 Å². The normalized spacial score (nSPS) is 16.8. The van der Waals surface area contributed by atoms with E-state index in [2.05, 4.69) is 6.07 Å². The number of hydrogen-bond donors (Lipinski definition) is 0. The summed E-state index contributed by atoms with van der Waals surface area (Å²) in [5.74, 6) is 0. The molecule has 10 aromatic carbocycles. The van der Waals surface area contributed by atoms with Crippen LogP contribution in [0.25, 0.3) is 110 Å². The van der Waals surface area contributed by atoms with Crippen LogP contribution in [0.5, 0.6) is 0 Å². The van der Waals surface area contributed by atoms with Gasteiger partial charge in [-0.25, -0.2) is 0 Å². The van der Waals surface area contributed by atoms with E-state index in [4.69, 9.17) is 19.5 Å². The van der Waals surface area contributed by atoms with Crippen LogP contribution in [0.4, 0.5) is 0 Å². The minimum absolute atomic E-state index is 0.122. The molecule has 0 saturated carbocycles. The van der Waals surface area contributed by atoms with Crippen molar-refractivity contribution in [1.82, 2.24) is 0 Å². The van der Waals surface area contributed by atoms with Crippen LogP contribution in [0.3, 0.4) is 0 Å². The predicted octanol–water partition coefficient (Wildman–Crippen LogP) is 14.9. The number of rotatable bonds is 4. The maximum Gasteiger partial charge on any atom is 0.136 e. The lowest BCUT2D eigenvalue weighted by atomic mass is 9.84. The van der Waals surface area contributed by atoms with Gasteiger partial charge in [0.05, 0.1) is 26.0 Å². The van der Waals surface area contributed by atoms with Gasteiger partial charge in [0, 0.05) is 10.8 Å². The molecular formula is C52H32O. The van der Waals surface area contributed by atoms with Crippen LogP contribution in [0.15, 0.2) is 198 Å². The van der Waals surface area contributed by atoms with E-state index in [1.54, 1.807) is 18.2 Å². The quantitative estimate of drug-likeness (QED) is 0.167. The fourth-order valence-corrected chi connectivity index (χ4v) is 7.32. The van der Waals surface area contributed by atoms with Crippen LogP contribution >= 0.6 is 0 Å². The lowest BCUT2D eigenvalue weighted by Gasteiger charge is -2.19. The highest BCUT2D eigenvalue weighted by atomic mass is 16.3. The Hall–Kier alpha value is -6.96. The lowest BCUT2D eigenvalue weighted by molar-refractivity contribution is 0.669. The van der Waals surface area contributed by atoms with Gasteiger partial charge >= 0.3 is 0 Å². The number of furan rings is 1. The zero-order valence-corrected chi connectivity index (χ0v) is 27.4. The van der Waals surface area contributed by atoms with Crippen LogP contribution in [0, 0.1) is 0 Å². The van der Waals surface area contributed by atoms with E-state index in [9.17, 15) is 11.0 Å². The highest BCUT2D eigenvalue weighted by molar-refractivity contribution is 6.24. The lowest BCUT2D eigenvalue weighted by Crippen LogP contribution is -1.92. The molecule has 0 aliphatic heterocycles. The van der Waals surface area contributed by atoms with Crippen molar-refractivity contribution in [2.75, 3.05) is 0 Å². The van der Waals surface area contributed by atoms with Crippen molar-refractivity contribution in [2.45, 2.75) is 0 Å². The van der Waals surface area contributed by atoms with Crippen molar-refractivity contribution < 1.29 is 30.5 Å². The monoisotopic (exact) mass is 691 g/mol. The van der Waals surface area contributed by atoms with Gasteiger partial charge in [0.15, 0.2) is 0 Å². The van der Waals surface area contributed by atoms with Gasteiger partial charge in [-0.15, -0.1) is 0 Å². The van der Waals surface area contributed by atoms with E-state index in [0.717, 1.165) is 21.9 Å². The zero-order chi connectivity index (χ0) is 51.4. The Morgan fingerprint density at radius 3 is 1.62 bits per heavy atom. The molecule has 0 fully saturated rings. The fourth-order valence-electron chi connectivity index (χ4n) is 7.32. The first-order chi connectivity index (χ1) is 34.2. The SMILES string of the molecule is [2H]c1c([2H])c([2H])c(-c2c3c([2H])c([2H])c([2H])c([2H])c3c(-c3c([2H])c([2H])c(-c4ccc5oc6cc(-c7ccc8ccccc8c7)ccc6c5c4)c4c([2H])c([2H])c([2H])c([2H])c34)c3c([2H])c([2H])c([2H])c([2H])c23)c([2H])c1[2H]. The van der Waals surface area contributed by atoms with Crippen molar-refractivity contribution in [3.63, 3.8) is 0 Å². The van der Waals surface area contributed by atoms with E-state index < -0.39 is 164 Å². The summed E-state index contributed by atoms with van der Waals surface area (Å²) in [7, 11) is 0. The van der Waals surface area contributed by atoms with E-state index in [0.29, 0.717) is 21.9 Å². The van der Waals surface area contributed by atoms with E-state index in [1.165, 1.54) is 0 Å². The summed E-state index contributed by atoms with van der Waals surface area (Å²) in [6, 6.07) is 9.33. The Morgan fingerprint density at radius 1 is 0.321 bits per heavy atom. The molecule has 1 aromatic heterocycles. The van der Waals surface area contributed by atoms with Gasteiger partial charge < -0.3 is 4.42 Å². The Kier molecular flexibility index (Phi) is 3.69. The fraction of sp³-hybridized carbons (Fsp3) is 0. The Labute approximate surface area is 333 Å². The second kappa shape index (κ2) is 11.8. The average molecular weight is 692 g/mol. The molecule has 0 spiro atoms. The molecule has 0 amide bonds. The summed E-state index contributed by atoms with van der Waals surface area (Å²) in [6.07, 6.45) is 0. The minimum Gasteiger partial charge on any atom is -0.456 e. The summed E-state index contributed by atoms with van der Waals surface area (Å²) >= 11 is 0. The Morgan fingerprint density at radius 2 is 0.887 bits per heavy atom. The summed E-state index contributed by atoms with van der Waals surface area (Å²) in [5, 5.41) is 0.401. The zero-order valence-electron chi connectivity index (χ0n) is 46.4. The Bertz CT molecular complexity index is 4220. The van der Waals surface area contributed by atoms with Crippen LogP contribution in [0.1, 0.15) is 26.0 Å². The Balaban J connectivity index is 1.29. The number of benzene rings is 10. The third-order valence-electron chi connectivity index (χ3n) is 9.72. The topological polar surface area (TPSA) is 13.1 Å². The molecule has 0 unspecified atom stereocenters. The highest BCUT2D eigenvalue weighted by Gasteiger charge is 2.19.